The minimum atomic E-state index is -1.76. The highest BCUT2D eigenvalue weighted by Gasteiger charge is 2.38. The first-order valence-corrected chi connectivity index (χ1v) is 8.63. The van der Waals surface area contributed by atoms with Gasteiger partial charge in [-0.25, -0.2) is 0 Å². The van der Waals surface area contributed by atoms with Crippen molar-refractivity contribution in [2.45, 2.75) is 38.9 Å². The van der Waals surface area contributed by atoms with Crippen molar-refractivity contribution < 1.29 is 9.63 Å². The average molecular weight is 251 g/mol. The van der Waals surface area contributed by atoms with Crippen LogP contribution in [0.15, 0.2) is 29.4 Å². The SMILES string of the molecule is CC(C)(C)[Si](C)(C)Oc1ccc(/C=N\O)cc1. The Morgan fingerprint density at radius 1 is 1.18 bits per heavy atom. The summed E-state index contributed by atoms with van der Waals surface area (Å²) in [6, 6.07) is 7.58. The van der Waals surface area contributed by atoms with Crippen LogP contribution in [0.2, 0.25) is 18.1 Å². The largest absolute Gasteiger partial charge is 0.544 e. The Hall–Kier alpha value is -1.29. The summed E-state index contributed by atoms with van der Waals surface area (Å²) in [4.78, 5) is 0. The quantitative estimate of drug-likeness (QED) is 0.383. The van der Waals surface area contributed by atoms with Gasteiger partial charge in [0.1, 0.15) is 5.75 Å². The van der Waals surface area contributed by atoms with Crippen LogP contribution in [0.3, 0.4) is 0 Å². The lowest BCUT2D eigenvalue weighted by Crippen LogP contribution is -2.43. The van der Waals surface area contributed by atoms with E-state index in [1.54, 1.807) is 0 Å². The number of rotatable bonds is 3. The van der Waals surface area contributed by atoms with Crippen LogP contribution in [0.1, 0.15) is 26.3 Å². The highest BCUT2D eigenvalue weighted by molar-refractivity contribution is 6.74. The molecule has 3 nitrogen and oxygen atoms in total. The maximum atomic E-state index is 8.43. The molecule has 0 saturated heterocycles. The molecular formula is C13H21NO2Si. The smallest absolute Gasteiger partial charge is 0.250 e. The van der Waals surface area contributed by atoms with Crippen LogP contribution in [0.4, 0.5) is 0 Å². The van der Waals surface area contributed by atoms with Crippen LogP contribution < -0.4 is 4.43 Å². The fourth-order valence-corrected chi connectivity index (χ4v) is 2.17. The second-order valence-electron chi connectivity index (χ2n) is 5.68. The van der Waals surface area contributed by atoms with E-state index in [9.17, 15) is 0 Å². The third-order valence-electron chi connectivity index (χ3n) is 3.27. The Kier molecular flexibility index (Phi) is 3.98. The van der Waals surface area contributed by atoms with Gasteiger partial charge < -0.3 is 9.63 Å². The lowest BCUT2D eigenvalue weighted by Gasteiger charge is -2.36. The Labute approximate surface area is 104 Å². The maximum Gasteiger partial charge on any atom is 0.250 e. The van der Waals surface area contributed by atoms with Crippen LogP contribution in [0.25, 0.3) is 0 Å². The second-order valence-corrected chi connectivity index (χ2v) is 10.4. The zero-order valence-electron chi connectivity index (χ0n) is 11.2. The number of benzene rings is 1. The molecule has 1 N–H and O–H groups in total. The van der Waals surface area contributed by atoms with Gasteiger partial charge in [0, 0.05) is 0 Å². The van der Waals surface area contributed by atoms with Crippen LogP contribution in [0.5, 0.6) is 5.75 Å². The van der Waals surface area contributed by atoms with E-state index in [2.05, 4.69) is 39.0 Å². The molecule has 0 spiro atoms. The van der Waals surface area contributed by atoms with Crippen molar-refractivity contribution in [2.24, 2.45) is 5.16 Å². The maximum absolute atomic E-state index is 8.43. The van der Waals surface area contributed by atoms with Gasteiger partial charge >= 0.3 is 0 Å². The minimum absolute atomic E-state index is 0.193. The third-order valence-corrected chi connectivity index (χ3v) is 7.62. The van der Waals surface area contributed by atoms with Gasteiger partial charge in [0.15, 0.2) is 0 Å². The van der Waals surface area contributed by atoms with Gasteiger partial charge in [-0.05, 0) is 48.0 Å². The Morgan fingerprint density at radius 3 is 2.12 bits per heavy atom. The first-order chi connectivity index (χ1) is 7.76. The van der Waals surface area contributed by atoms with E-state index in [4.69, 9.17) is 9.63 Å². The standard InChI is InChI=1S/C13H21NO2Si/c1-13(2,3)17(4,5)16-12-8-6-11(7-9-12)10-14-15/h6-10,15H,1-5H3/b14-10-. The molecule has 0 amide bonds. The molecule has 0 atom stereocenters. The fourth-order valence-electron chi connectivity index (χ4n) is 1.14. The van der Waals surface area contributed by atoms with Crippen LogP contribution >= 0.6 is 0 Å². The zero-order chi connectivity index (χ0) is 13.1. The fraction of sp³-hybridized carbons (Fsp3) is 0.462. The molecule has 1 aromatic carbocycles. The van der Waals surface area contributed by atoms with Gasteiger partial charge in [0.2, 0.25) is 8.32 Å². The summed E-state index contributed by atoms with van der Waals surface area (Å²) < 4.78 is 6.13. The molecule has 94 valence electrons. The first kappa shape index (κ1) is 13.8. The van der Waals surface area contributed by atoms with E-state index < -0.39 is 8.32 Å². The van der Waals surface area contributed by atoms with E-state index in [1.807, 2.05) is 24.3 Å². The summed E-state index contributed by atoms with van der Waals surface area (Å²) in [5.41, 5.74) is 0.857. The van der Waals surface area contributed by atoms with Gasteiger partial charge in [-0.2, -0.15) is 0 Å². The molecule has 0 aliphatic carbocycles. The van der Waals surface area contributed by atoms with Crippen LogP contribution in [-0.2, 0) is 0 Å². The third kappa shape index (κ3) is 3.59. The van der Waals surface area contributed by atoms with Gasteiger partial charge in [-0.3, -0.25) is 0 Å². The Morgan fingerprint density at radius 2 is 1.71 bits per heavy atom. The molecule has 1 rings (SSSR count). The first-order valence-electron chi connectivity index (χ1n) is 5.73. The van der Waals surface area contributed by atoms with E-state index in [0.29, 0.717) is 0 Å². The van der Waals surface area contributed by atoms with Crippen molar-refractivity contribution >= 4 is 14.5 Å². The molecule has 0 aliphatic rings. The van der Waals surface area contributed by atoms with Gasteiger partial charge in [-0.1, -0.05) is 25.9 Å². The molecule has 0 bridgehead atoms. The van der Waals surface area contributed by atoms with E-state index >= 15 is 0 Å². The van der Waals surface area contributed by atoms with E-state index in [-0.39, 0.29) is 5.04 Å². The molecular weight excluding hydrogens is 230 g/mol. The summed E-state index contributed by atoms with van der Waals surface area (Å²) >= 11 is 0. The summed E-state index contributed by atoms with van der Waals surface area (Å²) in [6.45, 7) is 11.1. The Bertz CT molecular complexity index is 391. The van der Waals surface area contributed by atoms with E-state index in [0.717, 1.165) is 11.3 Å². The summed E-state index contributed by atoms with van der Waals surface area (Å²) in [5.74, 6) is 0.881. The molecule has 4 heteroatoms. The van der Waals surface area contributed by atoms with E-state index in [1.165, 1.54) is 6.21 Å². The summed E-state index contributed by atoms with van der Waals surface area (Å²) in [6.07, 6.45) is 1.40. The Balaban J connectivity index is 2.83. The summed E-state index contributed by atoms with van der Waals surface area (Å²) in [7, 11) is -1.76. The lowest BCUT2D eigenvalue weighted by atomic mass is 10.2. The van der Waals surface area contributed by atoms with Crippen molar-refractivity contribution in [3.63, 3.8) is 0 Å². The van der Waals surface area contributed by atoms with Crippen LogP contribution in [-0.4, -0.2) is 19.7 Å². The highest BCUT2D eigenvalue weighted by atomic mass is 28.4. The molecule has 0 radical (unpaired) electrons. The molecule has 0 fully saturated rings. The zero-order valence-corrected chi connectivity index (χ0v) is 12.2. The number of nitrogens with zero attached hydrogens (tertiary/aromatic N) is 1. The van der Waals surface area contributed by atoms with Crippen molar-refractivity contribution in [2.75, 3.05) is 0 Å². The average Bonchev–Trinajstić information content (AvgIpc) is 2.19. The van der Waals surface area contributed by atoms with Crippen LogP contribution in [0, 0.1) is 0 Å². The normalized spacial score (nSPS) is 13.0. The minimum Gasteiger partial charge on any atom is -0.544 e. The molecule has 17 heavy (non-hydrogen) atoms. The molecule has 0 aliphatic heterocycles. The molecule has 0 saturated carbocycles. The van der Waals surface area contributed by atoms with Crippen molar-refractivity contribution in [3.8, 4) is 5.75 Å². The second kappa shape index (κ2) is 4.92. The van der Waals surface area contributed by atoms with Crippen molar-refractivity contribution in [3.05, 3.63) is 29.8 Å². The number of hydrogen-bond donors (Lipinski definition) is 1. The molecule has 1 aromatic rings. The predicted octanol–water partition coefficient (Wildman–Crippen LogP) is 3.88. The van der Waals surface area contributed by atoms with Gasteiger partial charge in [0.05, 0.1) is 6.21 Å². The predicted molar refractivity (Wildman–Crippen MR) is 73.6 cm³/mol. The van der Waals surface area contributed by atoms with Gasteiger partial charge in [0.25, 0.3) is 0 Å². The van der Waals surface area contributed by atoms with Crippen molar-refractivity contribution in [1.82, 2.24) is 0 Å². The number of oxime groups is 1. The van der Waals surface area contributed by atoms with Crippen molar-refractivity contribution in [1.29, 1.82) is 0 Å². The monoisotopic (exact) mass is 251 g/mol. The van der Waals surface area contributed by atoms with Gasteiger partial charge in [-0.15, -0.1) is 0 Å². The number of hydrogen-bond acceptors (Lipinski definition) is 3. The summed E-state index contributed by atoms with van der Waals surface area (Å²) in [5, 5.41) is 11.6. The highest BCUT2D eigenvalue weighted by Crippen LogP contribution is 2.37. The molecule has 0 heterocycles. The lowest BCUT2D eigenvalue weighted by molar-refractivity contribution is 0.322. The molecule has 0 unspecified atom stereocenters. The topological polar surface area (TPSA) is 41.8 Å². The molecule has 0 aromatic heterocycles.